The fourth-order valence-electron chi connectivity index (χ4n) is 3.11. The van der Waals surface area contributed by atoms with E-state index in [4.69, 9.17) is 14.7 Å². The van der Waals surface area contributed by atoms with E-state index in [0.29, 0.717) is 12.2 Å². The summed E-state index contributed by atoms with van der Waals surface area (Å²) in [4.78, 5) is 28.7. The molecule has 10 heteroatoms. The van der Waals surface area contributed by atoms with Crippen molar-refractivity contribution in [3.63, 3.8) is 0 Å². The fraction of sp³-hybridized carbons (Fsp3) is 0.444. The van der Waals surface area contributed by atoms with Crippen LogP contribution in [0.15, 0.2) is 24.3 Å². The molecule has 1 aliphatic heterocycles. The van der Waals surface area contributed by atoms with Crippen LogP contribution in [0.3, 0.4) is 0 Å². The predicted molar refractivity (Wildman–Crippen MR) is 94.8 cm³/mol. The highest BCUT2D eigenvalue weighted by Gasteiger charge is 2.39. The zero-order valence-corrected chi connectivity index (χ0v) is 15.8. The highest BCUT2D eigenvalue weighted by molar-refractivity contribution is 5.89. The van der Waals surface area contributed by atoms with E-state index in [1.807, 2.05) is 13.8 Å². The molecule has 0 saturated carbocycles. The number of quaternary nitrogens is 1. The summed E-state index contributed by atoms with van der Waals surface area (Å²) in [5, 5.41) is 23.1. The number of nitrogens with zero attached hydrogens (tertiary/aromatic N) is 3. The molecular weight excluding hydrogens is 368 g/mol. The summed E-state index contributed by atoms with van der Waals surface area (Å²) < 4.78 is 12.2. The Bertz CT molecular complexity index is 861. The van der Waals surface area contributed by atoms with Gasteiger partial charge in [0.25, 0.3) is 5.82 Å². The molecule has 0 amide bonds. The number of nitrogens with one attached hydrogen (secondary N) is 1. The van der Waals surface area contributed by atoms with Crippen LogP contribution in [0, 0.1) is 11.1 Å². The molecule has 0 bridgehead atoms. The Labute approximate surface area is 161 Å². The first kappa shape index (κ1) is 19.9. The van der Waals surface area contributed by atoms with Crippen molar-refractivity contribution in [2.45, 2.75) is 39.3 Å². The van der Waals surface area contributed by atoms with Crippen LogP contribution in [0.1, 0.15) is 66.1 Å². The zero-order chi connectivity index (χ0) is 20.4. The second-order valence-electron chi connectivity index (χ2n) is 6.78. The van der Waals surface area contributed by atoms with Crippen molar-refractivity contribution in [2.75, 3.05) is 6.61 Å². The molecule has 0 aliphatic carbocycles. The molecule has 0 saturated heterocycles. The van der Waals surface area contributed by atoms with Crippen LogP contribution in [0.4, 0.5) is 5.69 Å². The van der Waals surface area contributed by atoms with Crippen molar-refractivity contribution < 1.29 is 29.5 Å². The quantitative estimate of drug-likeness (QED) is 0.558. The van der Waals surface area contributed by atoms with Gasteiger partial charge in [-0.2, -0.15) is 5.23 Å². The van der Waals surface area contributed by atoms with Crippen molar-refractivity contribution >= 4 is 17.6 Å². The minimum atomic E-state index is -1.07. The van der Waals surface area contributed by atoms with Crippen LogP contribution in [0.2, 0.25) is 0 Å². The molecule has 150 valence electrons. The fourth-order valence-corrected chi connectivity index (χ4v) is 3.11. The first-order chi connectivity index (χ1) is 13.3. The third kappa shape index (κ3) is 3.88. The monoisotopic (exact) mass is 390 g/mol. The van der Waals surface area contributed by atoms with Gasteiger partial charge in [-0.25, -0.2) is 24.5 Å². The van der Waals surface area contributed by atoms with E-state index in [0.717, 1.165) is 0 Å². The van der Waals surface area contributed by atoms with Gasteiger partial charge in [0.05, 0.1) is 18.2 Å². The van der Waals surface area contributed by atoms with Crippen molar-refractivity contribution in [3.8, 4) is 0 Å². The van der Waals surface area contributed by atoms with E-state index < -0.39 is 23.3 Å². The van der Waals surface area contributed by atoms with Gasteiger partial charge in [0.1, 0.15) is 0 Å². The topological polar surface area (TPSA) is 131 Å². The number of rotatable bonds is 6. The van der Waals surface area contributed by atoms with Crippen molar-refractivity contribution in [1.29, 1.82) is 0 Å². The summed E-state index contributed by atoms with van der Waals surface area (Å²) in [5.41, 5.74) is 0.311. The van der Waals surface area contributed by atoms with E-state index in [9.17, 15) is 14.8 Å². The lowest BCUT2D eigenvalue weighted by Crippen LogP contribution is -2.99. The van der Waals surface area contributed by atoms with Gasteiger partial charge in [0, 0.05) is 18.6 Å². The van der Waals surface area contributed by atoms with E-state index in [2.05, 4.69) is 10.1 Å². The zero-order valence-electron chi connectivity index (χ0n) is 15.8. The van der Waals surface area contributed by atoms with Crippen LogP contribution < -0.4 is 5.23 Å². The molecule has 2 heterocycles. The normalized spacial score (nSPS) is 19.4. The lowest BCUT2D eigenvalue weighted by atomic mass is 10.0. The van der Waals surface area contributed by atoms with Crippen molar-refractivity contribution in [1.82, 2.24) is 14.8 Å². The van der Waals surface area contributed by atoms with Gasteiger partial charge >= 0.3 is 11.9 Å². The molecule has 1 aromatic heterocycles. The number of hydrogen-bond donors (Lipinski definition) is 2. The number of fused-ring (bicyclic) bond motifs is 1. The third-order valence-corrected chi connectivity index (χ3v) is 4.56. The average molecular weight is 390 g/mol. The minimum Gasteiger partial charge on any atom is -0.595 e. The summed E-state index contributed by atoms with van der Waals surface area (Å²) in [6.45, 7) is 5.92. The molecule has 3 rings (SSSR count). The lowest BCUT2D eigenvalue weighted by Gasteiger charge is -2.16. The second kappa shape index (κ2) is 8.05. The smallest absolute Gasteiger partial charge is 0.378 e. The molecular formula is C18H22N4O6. The standard InChI is InChI=1S/C18H22N4O6/c1-4-27-18(24)15-19-16-14(9-13(10(2)3)21(16)20-15)28-17(23)11-5-7-12(8-6-11)22(25)26/h5-8,10,13-14,22,25H,4,9H2,1-3H3/t13-,14+/m0/s1. The van der Waals surface area contributed by atoms with Crippen LogP contribution in [-0.4, -0.2) is 38.5 Å². The van der Waals surface area contributed by atoms with Gasteiger partial charge in [-0.15, -0.1) is 5.10 Å². The summed E-state index contributed by atoms with van der Waals surface area (Å²) >= 11 is 0. The number of carbonyl (C=O) groups excluding carboxylic acids is 2. The van der Waals surface area contributed by atoms with Gasteiger partial charge in [0.15, 0.2) is 17.6 Å². The van der Waals surface area contributed by atoms with E-state index >= 15 is 0 Å². The summed E-state index contributed by atoms with van der Waals surface area (Å²) in [7, 11) is 0. The minimum absolute atomic E-state index is 0.0611. The Hall–Kier alpha value is -2.82. The lowest BCUT2D eigenvalue weighted by molar-refractivity contribution is -0.991. The van der Waals surface area contributed by atoms with E-state index in [-0.39, 0.29) is 35.6 Å². The Morgan fingerprint density at radius 2 is 2.00 bits per heavy atom. The Kier molecular flexibility index (Phi) is 5.73. The van der Waals surface area contributed by atoms with Gasteiger partial charge in [0.2, 0.25) is 0 Å². The van der Waals surface area contributed by atoms with Gasteiger partial charge in [-0.3, -0.25) is 0 Å². The number of aromatic nitrogens is 3. The van der Waals surface area contributed by atoms with Gasteiger partial charge < -0.3 is 14.7 Å². The number of carbonyl (C=O) groups is 2. The molecule has 0 radical (unpaired) electrons. The highest BCUT2D eigenvalue weighted by Crippen LogP contribution is 2.39. The molecule has 1 unspecified atom stereocenters. The molecule has 28 heavy (non-hydrogen) atoms. The maximum absolute atomic E-state index is 12.5. The Balaban J connectivity index is 1.81. The summed E-state index contributed by atoms with van der Waals surface area (Å²) in [5.74, 6) is -0.694. The highest BCUT2D eigenvalue weighted by atomic mass is 16.8. The molecule has 1 aliphatic rings. The molecule has 3 atom stereocenters. The van der Waals surface area contributed by atoms with Crippen LogP contribution >= 0.6 is 0 Å². The van der Waals surface area contributed by atoms with E-state index in [1.54, 1.807) is 11.6 Å². The van der Waals surface area contributed by atoms with Crippen LogP contribution in [-0.2, 0) is 9.47 Å². The molecule has 0 fully saturated rings. The predicted octanol–water partition coefficient (Wildman–Crippen LogP) is 1.36. The maximum Gasteiger partial charge on any atom is 0.378 e. The average Bonchev–Trinajstić information content (AvgIpc) is 3.22. The van der Waals surface area contributed by atoms with E-state index in [1.165, 1.54) is 24.3 Å². The molecule has 2 N–H and O–H groups in total. The number of esters is 2. The largest absolute Gasteiger partial charge is 0.595 e. The van der Waals surface area contributed by atoms with Crippen molar-refractivity contribution in [3.05, 3.63) is 46.7 Å². The molecule has 10 nitrogen and oxygen atoms in total. The SMILES string of the molecule is CCOC(=O)c1nc2n(n1)[C@H](C(C)C)C[C@H]2OC(=O)c1ccc([NH+]([O-])O)cc1. The summed E-state index contributed by atoms with van der Waals surface area (Å²) in [6, 6.07) is 5.40. The second-order valence-corrected chi connectivity index (χ2v) is 6.78. The van der Waals surface area contributed by atoms with Crippen LogP contribution in [0.25, 0.3) is 0 Å². The van der Waals surface area contributed by atoms with Crippen LogP contribution in [0.5, 0.6) is 0 Å². The molecule has 2 aromatic rings. The van der Waals surface area contributed by atoms with Gasteiger partial charge in [-0.05, 0) is 25.0 Å². The first-order valence-electron chi connectivity index (χ1n) is 8.99. The number of ether oxygens (including phenoxy) is 2. The number of benzene rings is 1. The number of hydrogen-bond acceptors (Lipinski definition) is 8. The molecule has 0 spiro atoms. The maximum atomic E-state index is 12.5. The van der Waals surface area contributed by atoms with Crippen molar-refractivity contribution in [2.24, 2.45) is 5.92 Å². The Morgan fingerprint density at radius 3 is 2.57 bits per heavy atom. The Morgan fingerprint density at radius 1 is 1.32 bits per heavy atom. The summed E-state index contributed by atoms with van der Waals surface area (Å²) in [6.07, 6.45) is -0.163. The molecule has 1 aromatic carbocycles. The van der Waals surface area contributed by atoms with Gasteiger partial charge in [-0.1, -0.05) is 13.8 Å². The third-order valence-electron chi connectivity index (χ3n) is 4.56. The first-order valence-corrected chi connectivity index (χ1v) is 8.99.